The molecule has 2 aromatic rings. The van der Waals surface area contributed by atoms with Gasteiger partial charge in [0.25, 0.3) is 0 Å². The molecule has 0 spiro atoms. The second kappa shape index (κ2) is 9.47. The molecule has 0 aromatic carbocycles. The number of alkyl halides is 2. The Morgan fingerprint density at radius 2 is 2.19 bits per heavy atom. The first-order valence-corrected chi connectivity index (χ1v) is 8.82. The third kappa shape index (κ3) is 5.17. The lowest BCUT2D eigenvalue weighted by molar-refractivity contribution is 0.0668. The molecule has 10 heteroatoms. The average Bonchev–Trinajstić information content (AvgIpc) is 3.24. The maximum Gasteiger partial charge on any atom is 0.319 e. The van der Waals surface area contributed by atoms with Gasteiger partial charge in [-0.2, -0.15) is 13.9 Å². The van der Waals surface area contributed by atoms with Gasteiger partial charge in [0.15, 0.2) is 5.96 Å². The standard InChI is InChI=1S/C17H25F2N7.HI/c1-11(2)26-10-12-4-5-13(8-14(12)24-26)23-17(20-3)22-9-15-21-6-7-25(15)16(18)19;/h6-7,10-11,13,16H,4-5,8-9H2,1-3H3,(H2,20,22,23);1H. The minimum absolute atomic E-state index is 0. The van der Waals surface area contributed by atoms with Crippen molar-refractivity contribution >= 4 is 29.9 Å². The smallest absolute Gasteiger partial charge is 0.319 e. The monoisotopic (exact) mass is 493 g/mol. The lowest BCUT2D eigenvalue weighted by Gasteiger charge is -2.24. The third-order valence-electron chi connectivity index (χ3n) is 4.56. The van der Waals surface area contributed by atoms with Crippen molar-refractivity contribution in [2.45, 2.75) is 58.3 Å². The Bertz CT molecular complexity index is 769. The molecule has 0 aliphatic heterocycles. The van der Waals surface area contributed by atoms with Crippen LogP contribution in [0.3, 0.4) is 0 Å². The van der Waals surface area contributed by atoms with Crippen LogP contribution in [0.25, 0.3) is 0 Å². The van der Waals surface area contributed by atoms with E-state index in [1.54, 1.807) is 7.05 Å². The highest BCUT2D eigenvalue weighted by atomic mass is 127. The fourth-order valence-electron chi connectivity index (χ4n) is 3.11. The number of hydrogen-bond acceptors (Lipinski definition) is 3. The van der Waals surface area contributed by atoms with Crippen molar-refractivity contribution in [2.24, 2.45) is 4.99 Å². The van der Waals surface area contributed by atoms with Crippen molar-refractivity contribution in [1.29, 1.82) is 0 Å². The summed E-state index contributed by atoms with van der Waals surface area (Å²) in [5, 5.41) is 11.1. The van der Waals surface area contributed by atoms with Crippen molar-refractivity contribution in [2.75, 3.05) is 7.05 Å². The molecule has 0 bridgehead atoms. The summed E-state index contributed by atoms with van der Waals surface area (Å²) < 4.78 is 28.6. The van der Waals surface area contributed by atoms with E-state index in [1.807, 2.05) is 4.68 Å². The molecular weight excluding hydrogens is 467 g/mol. The Morgan fingerprint density at radius 3 is 2.85 bits per heavy atom. The van der Waals surface area contributed by atoms with Crippen LogP contribution in [0.1, 0.15) is 49.9 Å². The number of hydrogen-bond donors (Lipinski definition) is 2. The highest BCUT2D eigenvalue weighted by molar-refractivity contribution is 14.0. The molecule has 3 rings (SSSR count). The van der Waals surface area contributed by atoms with E-state index in [0.717, 1.165) is 29.5 Å². The van der Waals surface area contributed by atoms with E-state index in [1.165, 1.54) is 18.0 Å². The second-order valence-corrected chi connectivity index (χ2v) is 6.71. The summed E-state index contributed by atoms with van der Waals surface area (Å²) in [7, 11) is 1.66. The van der Waals surface area contributed by atoms with Gasteiger partial charge in [-0.3, -0.25) is 14.2 Å². The largest absolute Gasteiger partial charge is 0.353 e. The number of halogens is 3. The number of guanidine groups is 1. The van der Waals surface area contributed by atoms with Gasteiger partial charge in [-0.15, -0.1) is 24.0 Å². The molecule has 0 saturated carbocycles. The molecule has 2 heterocycles. The zero-order chi connectivity index (χ0) is 18.7. The van der Waals surface area contributed by atoms with Crippen molar-refractivity contribution < 1.29 is 8.78 Å². The second-order valence-electron chi connectivity index (χ2n) is 6.71. The quantitative estimate of drug-likeness (QED) is 0.382. The fourth-order valence-corrected chi connectivity index (χ4v) is 3.11. The molecule has 7 nitrogen and oxygen atoms in total. The van der Waals surface area contributed by atoms with Gasteiger partial charge in [0, 0.05) is 44.1 Å². The zero-order valence-electron chi connectivity index (χ0n) is 15.7. The summed E-state index contributed by atoms with van der Waals surface area (Å²) in [5.41, 5.74) is 2.42. The molecule has 150 valence electrons. The molecule has 1 aliphatic rings. The molecule has 1 aliphatic carbocycles. The highest BCUT2D eigenvalue weighted by Gasteiger charge is 2.23. The van der Waals surface area contributed by atoms with E-state index in [4.69, 9.17) is 0 Å². The fraction of sp³-hybridized carbons (Fsp3) is 0.588. The number of aliphatic imine (C=N–C) groups is 1. The molecule has 0 saturated heterocycles. The highest BCUT2D eigenvalue weighted by Crippen LogP contribution is 2.21. The minimum Gasteiger partial charge on any atom is -0.353 e. The predicted octanol–water partition coefficient (Wildman–Crippen LogP) is 2.90. The van der Waals surface area contributed by atoms with Crippen molar-refractivity contribution in [3.8, 4) is 0 Å². The molecule has 0 amide bonds. The Morgan fingerprint density at radius 1 is 1.41 bits per heavy atom. The Kier molecular flexibility index (Phi) is 7.57. The van der Waals surface area contributed by atoms with E-state index in [9.17, 15) is 8.78 Å². The van der Waals surface area contributed by atoms with Crippen LogP contribution >= 0.6 is 24.0 Å². The Labute approximate surface area is 174 Å². The summed E-state index contributed by atoms with van der Waals surface area (Å²) in [5.74, 6) is 0.843. The maximum atomic E-state index is 12.9. The van der Waals surface area contributed by atoms with E-state index >= 15 is 0 Å². The Balaban J connectivity index is 0.00000261. The lowest BCUT2D eigenvalue weighted by Crippen LogP contribution is -2.45. The number of fused-ring (bicyclic) bond motifs is 1. The van der Waals surface area contributed by atoms with Gasteiger partial charge in [0.2, 0.25) is 0 Å². The van der Waals surface area contributed by atoms with Crippen molar-refractivity contribution in [3.63, 3.8) is 0 Å². The van der Waals surface area contributed by atoms with E-state index in [2.05, 4.69) is 45.8 Å². The first-order chi connectivity index (χ1) is 12.5. The summed E-state index contributed by atoms with van der Waals surface area (Å²) >= 11 is 0. The van der Waals surface area contributed by atoms with Gasteiger partial charge in [0.05, 0.1) is 12.2 Å². The number of nitrogens with one attached hydrogen (secondary N) is 2. The first kappa shape index (κ1) is 21.6. The van der Waals surface area contributed by atoms with Crippen LogP contribution < -0.4 is 10.6 Å². The van der Waals surface area contributed by atoms with Crippen LogP contribution in [0.4, 0.5) is 8.78 Å². The lowest BCUT2D eigenvalue weighted by atomic mass is 9.94. The molecule has 0 radical (unpaired) electrons. The normalized spacial score (nSPS) is 17.0. The molecule has 2 N–H and O–H groups in total. The van der Waals surface area contributed by atoms with Crippen LogP contribution in [0.5, 0.6) is 0 Å². The van der Waals surface area contributed by atoms with Crippen molar-refractivity contribution in [1.82, 2.24) is 30.0 Å². The van der Waals surface area contributed by atoms with Crippen LogP contribution in [0, 0.1) is 0 Å². The van der Waals surface area contributed by atoms with Gasteiger partial charge in [-0.05, 0) is 32.3 Å². The topological polar surface area (TPSA) is 72.1 Å². The Hall–Kier alpha value is -1.72. The van der Waals surface area contributed by atoms with Crippen LogP contribution in [0.15, 0.2) is 23.6 Å². The van der Waals surface area contributed by atoms with E-state index in [-0.39, 0.29) is 42.4 Å². The van der Waals surface area contributed by atoms with Crippen LogP contribution in [-0.2, 0) is 19.4 Å². The third-order valence-corrected chi connectivity index (χ3v) is 4.56. The van der Waals surface area contributed by atoms with Gasteiger partial charge in [-0.25, -0.2) is 4.98 Å². The molecule has 1 atom stereocenters. The summed E-state index contributed by atoms with van der Waals surface area (Å²) in [4.78, 5) is 8.15. The molecule has 1 unspecified atom stereocenters. The maximum absolute atomic E-state index is 12.9. The van der Waals surface area contributed by atoms with Crippen LogP contribution in [0.2, 0.25) is 0 Å². The average molecular weight is 493 g/mol. The number of aromatic nitrogens is 4. The van der Waals surface area contributed by atoms with Gasteiger partial charge >= 0.3 is 6.55 Å². The number of rotatable bonds is 5. The molecular formula is C17H26F2IN7. The molecule has 2 aromatic heterocycles. The van der Waals surface area contributed by atoms with Crippen LogP contribution in [-0.4, -0.2) is 38.4 Å². The predicted molar refractivity (Wildman–Crippen MR) is 111 cm³/mol. The van der Waals surface area contributed by atoms with Crippen molar-refractivity contribution in [3.05, 3.63) is 35.7 Å². The molecule has 27 heavy (non-hydrogen) atoms. The van der Waals surface area contributed by atoms with Gasteiger partial charge in [-0.1, -0.05) is 0 Å². The minimum atomic E-state index is -2.60. The number of nitrogens with zero attached hydrogens (tertiary/aromatic N) is 5. The summed E-state index contributed by atoms with van der Waals surface area (Å²) in [6.07, 6.45) is 7.53. The SMILES string of the molecule is CN=C(NCc1nccn1C(F)F)NC1CCc2cn(C(C)C)nc2C1.I. The van der Waals surface area contributed by atoms with Gasteiger partial charge < -0.3 is 10.6 Å². The summed E-state index contributed by atoms with van der Waals surface area (Å²) in [6, 6.07) is 0.555. The zero-order valence-corrected chi connectivity index (χ0v) is 18.0. The first-order valence-electron chi connectivity index (χ1n) is 8.82. The van der Waals surface area contributed by atoms with Gasteiger partial charge in [0.1, 0.15) is 5.82 Å². The van der Waals surface area contributed by atoms with E-state index in [0.29, 0.717) is 12.0 Å². The van der Waals surface area contributed by atoms with E-state index < -0.39 is 6.55 Å². The number of aryl methyl sites for hydroxylation is 1. The number of imidazole rings is 1. The summed E-state index contributed by atoms with van der Waals surface area (Å²) in [6.45, 7) is 1.81. The molecule has 0 fully saturated rings.